The first-order valence-electron chi connectivity index (χ1n) is 9.32. The van der Waals surface area contributed by atoms with Gasteiger partial charge in [0.2, 0.25) is 0 Å². The van der Waals surface area contributed by atoms with Crippen LogP contribution < -0.4 is 10.2 Å². The fourth-order valence-electron chi connectivity index (χ4n) is 3.23. The third kappa shape index (κ3) is 5.06. The number of nitrogens with zero attached hydrogens (tertiary/aromatic N) is 2. The van der Waals surface area contributed by atoms with Crippen LogP contribution in [0, 0.1) is 27.7 Å². The van der Waals surface area contributed by atoms with Gasteiger partial charge in [-0.2, -0.15) is 5.10 Å². The predicted molar refractivity (Wildman–Crippen MR) is 117 cm³/mol. The van der Waals surface area contributed by atoms with Gasteiger partial charge in [-0.05, 0) is 69.7 Å². The van der Waals surface area contributed by atoms with Crippen LogP contribution in [0.4, 0.5) is 0 Å². The van der Waals surface area contributed by atoms with E-state index in [0.29, 0.717) is 10.8 Å². The van der Waals surface area contributed by atoms with Crippen molar-refractivity contribution in [3.05, 3.63) is 81.6 Å². The van der Waals surface area contributed by atoms with Crippen molar-refractivity contribution in [3.8, 4) is 11.4 Å². The first kappa shape index (κ1) is 20.7. The highest BCUT2D eigenvalue weighted by atomic mass is 35.5. The van der Waals surface area contributed by atoms with Crippen molar-refractivity contribution in [1.82, 2.24) is 9.99 Å². The van der Waals surface area contributed by atoms with Gasteiger partial charge in [0.1, 0.15) is 5.75 Å². The number of carbonyl (C=O) groups excluding carboxylic acids is 1. The molecule has 0 saturated carbocycles. The van der Waals surface area contributed by atoms with Crippen molar-refractivity contribution in [3.63, 3.8) is 0 Å². The van der Waals surface area contributed by atoms with E-state index in [1.165, 1.54) is 11.1 Å². The number of benzene rings is 2. The van der Waals surface area contributed by atoms with E-state index < -0.39 is 0 Å². The standard InChI is InChI=1S/C23H24ClN3O2/c1-15-5-10-22(16(2)11-15)27-17(3)12-19(18(27)4)13-25-26-23(28)14-29-21-8-6-20(24)7-9-21/h5-13H,14H2,1-4H3,(H,26,28)/b25-13-. The molecule has 29 heavy (non-hydrogen) atoms. The van der Waals surface area contributed by atoms with Crippen LogP contribution in [0.2, 0.25) is 5.02 Å². The first-order chi connectivity index (χ1) is 13.8. The highest BCUT2D eigenvalue weighted by molar-refractivity contribution is 6.30. The molecule has 0 aliphatic carbocycles. The molecule has 3 rings (SSSR count). The molecule has 5 nitrogen and oxygen atoms in total. The molecular formula is C23H24ClN3O2. The molecule has 0 spiro atoms. The lowest BCUT2D eigenvalue weighted by Crippen LogP contribution is -2.24. The second kappa shape index (κ2) is 8.97. The molecular weight excluding hydrogens is 386 g/mol. The number of aryl methyl sites for hydroxylation is 3. The molecule has 150 valence electrons. The van der Waals surface area contributed by atoms with Crippen LogP contribution >= 0.6 is 11.6 Å². The molecule has 0 radical (unpaired) electrons. The van der Waals surface area contributed by atoms with E-state index in [-0.39, 0.29) is 12.5 Å². The van der Waals surface area contributed by atoms with Crippen LogP contribution in [0.3, 0.4) is 0 Å². The third-order valence-corrected chi connectivity index (χ3v) is 4.89. The Morgan fingerprint density at radius 2 is 1.83 bits per heavy atom. The first-order valence-corrected chi connectivity index (χ1v) is 9.70. The van der Waals surface area contributed by atoms with Crippen LogP contribution in [-0.2, 0) is 4.79 Å². The van der Waals surface area contributed by atoms with Crippen LogP contribution in [0.5, 0.6) is 5.75 Å². The van der Waals surface area contributed by atoms with Crippen molar-refractivity contribution in [2.24, 2.45) is 5.10 Å². The molecule has 1 aromatic heterocycles. The minimum Gasteiger partial charge on any atom is -0.484 e. The molecule has 3 aromatic rings. The average molecular weight is 410 g/mol. The normalized spacial score (nSPS) is 11.1. The van der Waals surface area contributed by atoms with Gasteiger partial charge < -0.3 is 9.30 Å². The van der Waals surface area contributed by atoms with Gasteiger partial charge >= 0.3 is 0 Å². The van der Waals surface area contributed by atoms with Gasteiger partial charge in [0.25, 0.3) is 5.91 Å². The number of hydrazone groups is 1. The number of halogens is 1. The summed E-state index contributed by atoms with van der Waals surface area (Å²) in [5.41, 5.74) is 9.20. The lowest BCUT2D eigenvalue weighted by atomic mass is 10.1. The Bertz CT molecular complexity index is 1050. The van der Waals surface area contributed by atoms with Gasteiger partial charge in [0.15, 0.2) is 6.61 Å². The van der Waals surface area contributed by atoms with Crippen molar-refractivity contribution in [2.45, 2.75) is 27.7 Å². The van der Waals surface area contributed by atoms with Crippen LogP contribution in [0.25, 0.3) is 5.69 Å². The van der Waals surface area contributed by atoms with Crippen LogP contribution in [0.1, 0.15) is 28.1 Å². The number of ether oxygens (including phenoxy) is 1. The molecule has 0 unspecified atom stereocenters. The van der Waals surface area contributed by atoms with Crippen LogP contribution in [-0.4, -0.2) is 23.3 Å². The molecule has 1 heterocycles. The van der Waals surface area contributed by atoms with E-state index in [1.807, 2.05) is 6.92 Å². The fraction of sp³-hybridized carbons (Fsp3) is 0.217. The largest absolute Gasteiger partial charge is 0.484 e. The highest BCUT2D eigenvalue weighted by Crippen LogP contribution is 2.23. The maximum absolute atomic E-state index is 11.9. The minimum atomic E-state index is -0.334. The molecule has 0 fully saturated rings. The lowest BCUT2D eigenvalue weighted by Gasteiger charge is -2.13. The van der Waals surface area contributed by atoms with E-state index in [9.17, 15) is 4.79 Å². The maximum Gasteiger partial charge on any atom is 0.277 e. The predicted octanol–water partition coefficient (Wildman–Crippen LogP) is 4.89. The monoisotopic (exact) mass is 409 g/mol. The van der Waals surface area contributed by atoms with E-state index in [4.69, 9.17) is 16.3 Å². The summed E-state index contributed by atoms with van der Waals surface area (Å²) in [7, 11) is 0. The fourth-order valence-corrected chi connectivity index (χ4v) is 3.36. The number of nitrogens with one attached hydrogen (secondary N) is 1. The lowest BCUT2D eigenvalue weighted by molar-refractivity contribution is -0.123. The summed E-state index contributed by atoms with van der Waals surface area (Å²) in [6, 6.07) is 15.3. The van der Waals surface area contributed by atoms with E-state index >= 15 is 0 Å². The number of amides is 1. The molecule has 0 aliphatic heterocycles. The quantitative estimate of drug-likeness (QED) is 0.465. The molecule has 0 bridgehead atoms. The number of hydrogen-bond acceptors (Lipinski definition) is 3. The van der Waals surface area contributed by atoms with Gasteiger partial charge in [-0.15, -0.1) is 0 Å². The summed E-state index contributed by atoms with van der Waals surface area (Å²) in [6.45, 7) is 8.17. The van der Waals surface area contributed by atoms with Crippen molar-refractivity contribution < 1.29 is 9.53 Å². The molecule has 0 aliphatic rings. The summed E-state index contributed by atoms with van der Waals surface area (Å²) >= 11 is 5.83. The Labute approximate surface area is 176 Å². The molecule has 2 aromatic carbocycles. The van der Waals surface area contributed by atoms with E-state index in [0.717, 1.165) is 22.6 Å². The van der Waals surface area contributed by atoms with Crippen molar-refractivity contribution in [2.75, 3.05) is 6.61 Å². The molecule has 6 heteroatoms. The topological polar surface area (TPSA) is 55.6 Å². The summed E-state index contributed by atoms with van der Waals surface area (Å²) in [4.78, 5) is 11.9. The second-order valence-corrected chi connectivity index (χ2v) is 7.42. The summed E-state index contributed by atoms with van der Waals surface area (Å²) < 4.78 is 7.60. The van der Waals surface area contributed by atoms with Crippen molar-refractivity contribution >= 4 is 23.7 Å². The average Bonchev–Trinajstić information content (AvgIpc) is 2.95. The Morgan fingerprint density at radius 3 is 2.52 bits per heavy atom. The zero-order valence-electron chi connectivity index (χ0n) is 17.0. The smallest absolute Gasteiger partial charge is 0.277 e. The number of carbonyl (C=O) groups is 1. The number of hydrogen-bond donors (Lipinski definition) is 1. The Kier molecular flexibility index (Phi) is 6.39. The zero-order chi connectivity index (χ0) is 21.0. The zero-order valence-corrected chi connectivity index (χ0v) is 17.7. The second-order valence-electron chi connectivity index (χ2n) is 6.99. The van der Waals surface area contributed by atoms with Gasteiger partial charge in [0, 0.05) is 27.7 Å². The summed E-state index contributed by atoms with van der Waals surface area (Å²) in [5.74, 6) is 0.241. The SMILES string of the molecule is Cc1ccc(-n2c(C)cc(/C=N\NC(=O)COc3ccc(Cl)cc3)c2C)c(C)c1. The van der Waals surface area contributed by atoms with Crippen LogP contribution in [0.15, 0.2) is 53.6 Å². The van der Waals surface area contributed by atoms with Gasteiger partial charge in [-0.25, -0.2) is 5.43 Å². The Hall–Kier alpha value is -3.05. The molecule has 0 atom stereocenters. The molecule has 1 amide bonds. The Morgan fingerprint density at radius 1 is 1.10 bits per heavy atom. The van der Waals surface area contributed by atoms with E-state index in [2.05, 4.69) is 60.1 Å². The number of rotatable bonds is 6. The molecule has 1 N–H and O–H groups in total. The minimum absolute atomic E-state index is 0.124. The Balaban J connectivity index is 1.65. The van der Waals surface area contributed by atoms with Gasteiger partial charge in [-0.3, -0.25) is 4.79 Å². The number of aromatic nitrogens is 1. The summed E-state index contributed by atoms with van der Waals surface area (Å²) in [5, 5.41) is 4.69. The molecule has 0 saturated heterocycles. The maximum atomic E-state index is 11.9. The van der Waals surface area contributed by atoms with Crippen molar-refractivity contribution in [1.29, 1.82) is 0 Å². The van der Waals surface area contributed by atoms with E-state index in [1.54, 1.807) is 30.5 Å². The van der Waals surface area contributed by atoms with Gasteiger partial charge in [-0.1, -0.05) is 29.3 Å². The third-order valence-electron chi connectivity index (χ3n) is 4.64. The highest BCUT2D eigenvalue weighted by Gasteiger charge is 2.11. The summed E-state index contributed by atoms with van der Waals surface area (Å²) in [6.07, 6.45) is 1.66. The van der Waals surface area contributed by atoms with Gasteiger partial charge in [0.05, 0.1) is 6.21 Å².